The third-order valence-corrected chi connectivity index (χ3v) is 13.4. The molecule has 226 valence electrons. The van der Waals surface area contributed by atoms with Crippen molar-refractivity contribution in [2.75, 3.05) is 55.7 Å². The van der Waals surface area contributed by atoms with E-state index in [0.717, 1.165) is 35.0 Å². The number of rotatable bonds is 19. The van der Waals surface area contributed by atoms with E-state index in [4.69, 9.17) is 26.6 Å². The zero-order valence-corrected chi connectivity index (χ0v) is 27.2. The summed E-state index contributed by atoms with van der Waals surface area (Å²) in [4.78, 5) is 32.9. The molecule has 0 radical (unpaired) electrons. The fourth-order valence-corrected chi connectivity index (χ4v) is 8.51. The van der Waals surface area contributed by atoms with Gasteiger partial charge in [-0.15, -0.1) is 10.2 Å². The molecular formula is C20H38N8O8S2Si2. The van der Waals surface area contributed by atoms with Crippen LogP contribution >= 0.6 is 21.6 Å². The smallest absolute Gasteiger partial charge is 0.377 e. The molecule has 2 heterocycles. The van der Waals surface area contributed by atoms with Crippen LogP contribution < -0.4 is 10.6 Å². The number of hydrogen-bond acceptors (Lipinski definition) is 14. The number of nitrogens with zero attached hydrogens (tertiary/aromatic N) is 6. The lowest BCUT2D eigenvalue weighted by molar-refractivity contribution is 0.122. The first-order valence-electron chi connectivity index (χ1n) is 12.3. The highest BCUT2D eigenvalue weighted by molar-refractivity contribution is 8.76. The number of carbonyl (C=O) groups is 2. The van der Waals surface area contributed by atoms with Crippen molar-refractivity contribution < 1.29 is 36.1 Å². The van der Waals surface area contributed by atoms with Crippen molar-refractivity contribution in [1.29, 1.82) is 0 Å². The molecule has 2 aromatic rings. The van der Waals surface area contributed by atoms with Crippen LogP contribution in [0.1, 0.15) is 25.7 Å². The first-order chi connectivity index (χ1) is 19.3. The van der Waals surface area contributed by atoms with Gasteiger partial charge < -0.3 is 37.2 Å². The van der Waals surface area contributed by atoms with E-state index >= 15 is 0 Å². The van der Waals surface area contributed by atoms with Crippen LogP contribution in [0.2, 0.25) is 12.1 Å². The maximum atomic E-state index is 12.3. The largest absolute Gasteiger partial charge is 0.500 e. The molecule has 2 rings (SSSR count). The molecule has 0 fully saturated rings. The predicted octanol–water partition coefficient (Wildman–Crippen LogP) is 2.10. The quantitative estimate of drug-likeness (QED) is 0.130. The summed E-state index contributed by atoms with van der Waals surface area (Å²) in [5.74, 6) is 0. The number of carbonyl (C=O) groups excluding carboxylic acids is 2. The number of aromatic nitrogens is 6. The standard InChI is InChI=1S/C20H38N8O8S2Si2/c1-31-39(32-2,33-3)13-9-7-11-21-19(29)27-15-23-17(25-27)37-38-18-24-16-28(26-18)20(30)22-12-8-10-14-40(34-4,35-5)36-6/h15-16H,7-14H2,1-6H3,(H,21,29)(H,22,30). The molecule has 0 unspecified atom stereocenters. The lowest BCUT2D eigenvalue weighted by Gasteiger charge is -2.24. The van der Waals surface area contributed by atoms with Crippen LogP contribution in [-0.2, 0) is 26.6 Å². The van der Waals surface area contributed by atoms with Gasteiger partial charge in [0.2, 0.25) is 10.3 Å². The second-order valence-corrected chi connectivity index (χ2v) is 16.3. The van der Waals surface area contributed by atoms with Gasteiger partial charge >= 0.3 is 29.7 Å². The summed E-state index contributed by atoms with van der Waals surface area (Å²) in [7, 11) is 6.55. The molecule has 0 saturated heterocycles. The predicted molar refractivity (Wildman–Crippen MR) is 151 cm³/mol. The van der Waals surface area contributed by atoms with Crippen LogP contribution in [0.15, 0.2) is 23.0 Å². The van der Waals surface area contributed by atoms with Crippen LogP contribution in [0.5, 0.6) is 0 Å². The monoisotopic (exact) mass is 638 g/mol. The zero-order valence-electron chi connectivity index (χ0n) is 23.6. The summed E-state index contributed by atoms with van der Waals surface area (Å²) in [6, 6.07) is 0.521. The normalized spacial score (nSPS) is 12.1. The van der Waals surface area contributed by atoms with Gasteiger partial charge in [-0.25, -0.2) is 19.6 Å². The summed E-state index contributed by atoms with van der Waals surface area (Å²) in [5, 5.41) is 14.6. The van der Waals surface area contributed by atoms with Crippen LogP contribution in [0.3, 0.4) is 0 Å². The molecule has 40 heavy (non-hydrogen) atoms. The molecule has 2 aromatic heterocycles. The Hall–Kier alpha value is -1.89. The molecule has 2 amide bonds. The molecule has 20 heteroatoms. The van der Waals surface area contributed by atoms with E-state index in [1.807, 2.05) is 0 Å². The minimum Gasteiger partial charge on any atom is -0.377 e. The number of amides is 2. The topological polar surface area (TPSA) is 175 Å². The summed E-state index contributed by atoms with van der Waals surface area (Å²) < 4.78 is 34.6. The fraction of sp³-hybridized carbons (Fsp3) is 0.700. The van der Waals surface area contributed by atoms with Gasteiger partial charge in [-0.05, 0) is 47.3 Å². The van der Waals surface area contributed by atoms with Gasteiger partial charge in [0.15, 0.2) is 0 Å². The van der Waals surface area contributed by atoms with Crippen molar-refractivity contribution in [2.45, 2.75) is 48.1 Å². The van der Waals surface area contributed by atoms with Gasteiger partial charge in [-0.1, -0.05) is 0 Å². The molecular weight excluding hydrogens is 601 g/mol. The summed E-state index contributed by atoms with van der Waals surface area (Å²) in [6.07, 6.45) is 5.65. The fourth-order valence-electron chi connectivity index (χ4n) is 3.44. The van der Waals surface area contributed by atoms with E-state index in [2.05, 4.69) is 30.8 Å². The van der Waals surface area contributed by atoms with Crippen LogP contribution in [-0.4, -0.2) is 115 Å². The lowest BCUT2D eigenvalue weighted by Crippen LogP contribution is -2.42. The number of unbranched alkanes of at least 4 members (excludes halogenated alkanes) is 2. The highest BCUT2D eigenvalue weighted by Crippen LogP contribution is 2.32. The molecule has 0 saturated carbocycles. The van der Waals surface area contributed by atoms with E-state index < -0.39 is 29.7 Å². The average molecular weight is 639 g/mol. The van der Waals surface area contributed by atoms with Crippen molar-refractivity contribution in [1.82, 2.24) is 40.2 Å². The number of nitrogens with one attached hydrogen (secondary N) is 2. The SMILES string of the molecule is CO[Si](CCCCNC(=O)n1cnc(SSc2ncn(C(=O)NCCCC[Si](OC)(OC)OC)n2)n1)(OC)OC. The van der Waals surface area contributed by atoms with Gasteiger partial charge in [0.25, 0.3) is 0 Å². The van der Waals surface area contributed by atoms with Crippen LogP contribution in [0, 0.1) is 0 Å². The maximum Gasteiger partial charge on any atom is 0.500 e. The molecule has 2 N–H and O–H groups in total. The Labute approximate surface area is 243 Å². The van der Waals surface area contributed by atoms with Crippen molar-refractivity contribution in [3.8, 4) is 0 Å². The lowest BCUT2D eigenvalue weighted by atomic mass is 10.3. The second kappa shape index (κ2) is 17.8. The second-order valence-electron chi connectivity index (χ2n) is 8.08. The average Bonchev–Trinajstić information content (AvgIpc) is 3.66. The molecule has 0 bridgehead atoms. The van der Waals surface area contributed by atoms with Gasteiger partial charge in [-0.3, -0.25) is 0 Å². The Balaban J connectivity index is 1.69. The molecule has 16 nitrogen and oxygen atoms in total. The Morgan fingerprint density at radius 1 is 0.675 bits per heavy atom. The zero-order chi connectivity index (χ0) is 29.4. The van der Waals surface area contributed by atoms with Gasteiger partial charge in [-0.2, -0.15) is 9.36 Å². The molecule has 0 aliphatic carbocycles. The molecule has 0 aromatic carbocycles. The highest BCUT2D eigenvalue weighted by Gasteiger charge is 2.37. The summed E-state index contributed by atoms with van der Waals surface area (Å²) >= 11 is 0. The van der Waals surface area contributed by atoms with Crippen molar-refractivity contribution in [2.24, 2.45) is 0 Å². The Morgan fingerprint density at radius 3 is 1.35 bits per heavy atom. The molecule has 0 aliphatic heterocycles. The van der Waals surface area contributed by atoms with Gasteiger partial charge in [0.1, 0.15) is 12.7 Å². The summed E-state index contributed by atoms with van der Waals surface area (Å²) in [6.45, 7) is 0.911. The first kappa shape index (κ1) is 34.3. The first-order valence-corrected chi connectivity index (χ1v) is 18.4. The maximum absolute atomic E-state index is 12.3. The molecule has 0 aliphatic rings. The van der Waals surface area contributed by atoms with E-state index in [9.17, 15) is 9.59 Å². The van der Waals surface area contributed by atoms with E-state index in [1.54, 1.807) is 42.7 Å². The highest BCUT2D eigenvalue weighted by atomic mass is 33.1. The van der Waals surface area contributed by atoms with E-state index in [1.165, 1.54) is 34.2 Å². The minimum atomic E-state index is -2.61. The van der Waals surface area contributed by atoms with E-state index in [-0.39, 0.29) is 0 Å². The van der Waals surface area contributed by atoms with E-state index in [0.29, 0.717) is 35.5 Å². The van der Waals surface area contributed by atoms with Gasteiger partial charge in [0, 0.05) is 67.8 Å². The third kappa shape index (κ3) is 10.5. The third-order valence-electron chi connectivity index (χ3n) is 5.79. The summed E-state index contributed by atoms with van der Waals surface area (Å²) in [5.41, 5.74) is 0. The number of hydrogen-bond donors (Lipinski definition) is 2. The van der Waals surface area contributed by atoms with Crippen molar-refractivity contribution >= 4 is 51.3 Å². The van der Waals surface area contributed by atoms with Crippen molar-refractivity contribution in [3.05, 3.63) is 12.7 Å². The van der Waals surface area contributed by atoms with Crippen LogP contribution in [0.4, 0.5) is 9.59 Å². The Bertz CT molecular complexity index is 945. The van der Waals surface area contributed by atoms with Gasteiger partial charge in [0.05, 0.1) is 0 Å². The Kier molecular flexibility index (Phi) is 15.3. The molecule has 0 atom stereocenters. The molecule has 0 spiro atoms. The van der Waals surface area contributed by atoms with Crippen molar-refractivity contribution in [3.63, 3.8) is 0 Å². The Morgan fingerprint density at radius 2 is 1.02 bits per heavy atom. The minimum absolute atomic E-state index is 0.347. The van der Waals surface area contributed by atoms with Crippen LogP contribution in [0.25, 0.3) is 0 Å².